The second kappa shape index (κ2) is 8.19. The molecule has 0 aliphatic carbocycles. The van der Waals surface area contributed by atoms with Gasteiger partial charge in [-0.2, -0.15) is 14.8 Å². The summed E-state index contributed by atoms with van der Waals surface area (Å²) in [5, 5.41) is 20.8. The van der Waals surface area contributed by atoms with Crippen LogP contribution < -0.4 is 15.2 Å². The molecule has 0 spiro atoms. The molecule has 11 heteroatoms. The van der Waals surface area contributed by atoms with Gasteiger partial charge in [0.05, 0.1) is 32.5 Å². The van der Waals surface area contributed by atoms with E-state index in [9.17, 15) is 4.79 Å². The maximum Gasteiger partial charge on any atom is 0.322 e. The number of tetrazole rings is 1. The highest BCUT2D eigenvalue weighted by Crippen LogP contribution is 2.22. The van der Waals surface area contributed by atoms with E-state index in [2.05, 4.69) is 25.4 Å². The van der Waals surface area contributed by atoms with Gasteiger partial charge in [0, 0.05) is 11.6 Å². The number of nitrogens with zero attached hydrogens (tertiary/aromatic N) is 6. The van der Waals surface area contributed by atoms with Gasteiger partial charge in [-0.3, -0.25) is 4.79 Å². The number of ether oxygens (including phenoxy) is 2. The third kappa shape index (κ3) is 4.95. The first-order valence-corrected chi connectivity index (χ1v) is 7.93. The number of rotatable bonds is 8. The lowest BCUT2D eigenvalue weighted by Gasteiger charge is -2.06. The van der Waals surface area contributed by atoms with E-state index in [-0.39, 0.29) is 19.0 Å². The van der Waals surface area contributed by atoms with Gasteiger partial charge < -0.3 is 20.3 Å². The molecule has 1 aromatic carbocycles. The van der Waals surface area contributed by atoms with Crippen LogP contribution in [0.15, 0.2) is 36.7 Å². The van der Waals surface area contributed by atoms with Crippen molar-refractivity contribution >= 4 is 5.97 Å². The van der Waals surface area contributed by atoms with Crippen LogP contribution in [0.3, 0.4) is 0 Å². The van der Waals surface area contributed by atoms with Crippen LogP contribution in [0.5, 0.6) is 17.5 Å². The van der Waals surface area contributed by atoms with Crippen LogP contribution >= 0.6 is 0 Å². The fraction of sp³-hybridized carbons (Fsp3) is 0.250. The fourth-order valence-corrected chi connectivity index (χ4v) is 2.17. The second-order valence-electron chi connectivity index (χ2n) is 5.56. The van der Waals surface area contributed by atoms with Crippen LogP contribution in [-0.2, 0) is 11.3 Å². The summed E-state index contributed by atoms with van der Waals surface area (Å²) in [4.78, 5) is 20.0. The zero-order valence-corrected chi connectivity index (χ0v) is 14.4. The van der Waals surface area contributed by atoms with Gasteiger partial charge in [0.1, 0.15) is 5.75 Å². The Morgan fingerprint density at radius 1 is 1.22 bits per heavy atom. The Kier molecular flexibility index (Phi) is 5.52. The van der Waals surface area contributed by atoms with E-state index in [1.165, 1.54) is 24.3 Å². The van der Waals surface area contributed by atoms with Crippen molar-refractivity contribution in [1.82, 2.24) is 30.2 Å². The Bertz CT molecular complexity index is 896. The van der Waals surface area contributed by atoms with Crippen molar-refractivity contribution in [2.45, 2.75) is 19.0 Å². The number of carboxylic acids is 1. The van der Waals surface area contributed by atoms with E-state index in [0.717, 1.165) is 5.56 Å². The summed E-state index contributed by atoms with van der Waals surface area (Å²) >= 11 is 0. The van der Waals surface area contributed by atoms with Crippen molar-refractivity contribution < 1.29 is 19.4 Å². The van der Waals surface area contributed by atoms with Gasteiger partial charge in [0.15, 0.2) is 5.75 Å². The van der Waals surface area contributed by atoms with Gasteiger partial charge in [0.25, 0.3) is 0 Å². The monoisotopic (exact) mass is 371 g/mol. The number of hydrogen-bond acceptors (Lipinski definition) is 9. The number of aromatic nitrogens is 6. The van der Waals surface area contributed by atoms with Crippen LogP contribution in [0.4, 0.5) is 0 Å². The zero-order valence-electron chi connectivity index (χ0n) is 14.4. The lowest BCUT2D eigenvalue weighted by Crippen LogP contribution is -2.30. The normalized spacial score (nSPS) is 11.8. The minimum absolute atomic E-state index is 0.162. The Morgan fingerprint density at radius 3 is 2.56 bits per heavy atom. The molecule has 0 radical (unpaired) electrons. The summed E-state index contributed by atoms with van der Waals surface area (Å²) in [5.41, 5.74) is 6.44. The smallest absolute Gasteiger partial charge is 0.322 e. The number of benzene rings is 1. The third-order valence-corrected chi connectivity index (χ3v) is 3.45. The quantitative estimate of drug-likeness (QED) is 0.579. The molecule has 0 amide bonds. The lowest BCUT2D eigenvalue weighted by molar-refractivity contribution is -0.137. The molecule has 3 N–H and O–H groups in total. The molecule has 0 bridgehead atoms. The van der Waals surface area contributed by atoms with Crippen LogP contribution in [0, 0.1) is 0 Å². The topological polar surface area (TPSA) is 151 Å². The summed E-state index contributed by atoms with van der Waals surface area (Å²) in [7, 11) is 1.53. The maximum absolute atomic E-state index is 10.6. The first-order chi connectivity index (χ1) is 13.0. The molecule has 0 aliphatic rings. The molecule has 3 rings (SSSR count). The summed E-state index contributed by atoms with van der Waals surface area (Å²) in [6.45, 7) is 0.162. The average Bonchev–Trinajstić information content (AvgIpc) is 3.10. The Balaban J connectivity index is 1.64. The van der Waals surface area contributed by atoms with Gasteiger partial charge in [-0.05, 0) is 29.5 Å². The first-order valence-electron chi connectivity index (χ1n) is 7.93. The predicted molar refractivity (Wildman–Crippen MR) is 92.1 cm³/mol. The molecule has 27 heavy (non-hydrogen) atoms. The van der Waals surface area contributed by atoms with Crippen LogP contribution in [0.1, 0.15) is 6.42 Å². The molecule has 0 saturated heterocycles. The molecule has 2 heterocycles. The Morgan fingerprint density at radius 2 is 1.93 bits per heavy atom. The highest BCUT2D eigenvalue weighted by Gasteiger charge is 2.12. The minimum Gasteiger partial charge on any atom is -0.494 e. The molecule has 3 aromatic rings. The van der Waals surface area contributed by atoms with Crippen molar-refractivity contribution in [2.75, 3.05) is 7.11 Å². The molecule has 11 nitrogen and oxygen atoms in total. The van der Waals surface area contributed by atoms with E-state index >= 15 is 0 Å². The van der Waals surface area contributed by atoms with Crippen molar-refractivity contribution in [3.05, 3.63) is 36.7 Å². The van der Waals surface area contributed by atoms with Crippen LogP contribution in [0.25, 0.3) is 11.4 Å². The minimum atomic E-state index is -0.973. The van der Waals surface area contributed by atoms with Crippen LogP contribution in [-0.4, -0.2) is 54.4 Å². The maximum atomic E-state index is 10.6. The summed E-state index contributed by atoms with van der Waals surface area (Å²) in [6, 6.07) is 6.57. The second-order valence-corrected chi connectivity index (χ2v) is 5.56. The molecular formula is C16H17N7O4. The molecule has 2 aromatic heterocycles. The fourth-order valence-electron chi connectivity index (χ4n) is 2.17. The summed E-state index contributed by atoms with van der Waals surface area (Å²) in [6.07, 6.45) is 2.85. The van der Waals surface area contributed by atoms with Gasteiger partial charge in [-0.25, -0.2) is 0 Å². The number of carbonyl (C=O) groups is 1. The van der Waals surface area contributed by atoms with E-state index in [0.29, 0.717) is 17.3 Å². The number of hydrogen-bond donors (Lipinski definition) is 2. The molecule has 0 unspecified atom stereocenters. The number of carboxylic acid groups (broad SMARTS) is 1. The van der Waals surface area contributed by atoms with E-state index < -0.39 is 12.0 Å². The SMILES string of the molecule is COc1cnc(Oc2ccc(-c3nnn(C[C@H](N)CC(=O)O)n3)cc2)nc1. The lowest BCUT2D eigenvalue weighted by atomic mass is 10.2. The third-order valence-electron chi connectivity index (χ3n) is 3.45. The van der Waals surface area contributed by atoms with Crippen molar-refractivity contribution in [3.8, 4) is 28.9 Å². The number of methoxy groups -OCH3 is 1. The van der Waals surface area contributed by atoms with Crippen molar-refractivity contribution in [1.29, 1.82) is 0 Å². The molecule has 0 fully saturated rings. The zero-order chi connectivity index (χ0) is 19.2. The predicted octanol–water partition coefficient (Wildman–Crippen LogP) is 0.733. The van der Waals surface area contributed by atoms with Gasteiger partial charge in [-0.15, -0.1) is 10.2 Å². The molecule has 140 valence electrons. The van der Waals surface area contributed by atoms with Crippen LogP contribution in [0.2, 0.25) is 0 Å². The molecule has 0 aliphatic heterocycles. The molecule has 1 atom stereocenters. The highest BCUT2D eigenvalue weighted by atomic mass is 16.5. The van der Waals surface area contributed by atoms with E-state index in [1.807, 2.05) is 0 Å². The van der Waals surface area contributed by atoms with E-state index in [4.69, 9.17) is 20.3 Å². The Labute approximate surface area is 153 Å². The number of nitrogens with two attached hydrogens (primary N) is 1. The summed E-state index contributed by atoms with van der Waals surface area (Å²) < 4.78 is 10.5. The van der Waals surface area contributed by atoms with Crippen molar-refractivity contribution in [2.24, 2.45) is 5.73 Å². The van der Waals surface area contributed by atoms with E-state index in [1.54, 1.807) is 24.3 Å². The van der Waals surface area contributed by atoms with Gasteiger partial charge in [0.2, 0.25) is 5.82 Å². The highest BCUT2D eigenvalue weighted by molar-refractivity contribution is 5.67. The number of aliphatic carboxylic acids is 1. The average molecular weight is 371 g/mol. The van der Waals surface area contributed by atoms with Gasteiger partial charge in [-0.1, -0.05) is 0 Å². The van der Waals surface area contributed by atoms with Gasteiger partial charge >= 0.3 is 12.0 Å². The van der Waals surface area contributed by atoms with Crippen molar-refractivity contribution in [3.63, 3.8) is 0 Å². The molecule has 0 saturated carbocycles. The molecular weight excluding hydrogens is 354 g/mol. The first kappa shape index (κ1) is 18.2. The largest absolute Gasteiger partial charge is 0.494 e. The standard InChI is InChI=1S/C16H17N7O4/c1-26-13-7-18-16(19-8-13)27-12-4-2-10(3-5-12)15-20-22-23(21-15)9-11(17)6-14(24)25/h2-5,7-8,11H,6,9,17H2,1H3,(H,24,25)/t11-/m1/s1. The summed E-state index contributed by atoms with van der Waals surface area (Å²) in [5.74, 6) is 0.499. The Hall–Kier alpha value is -3.60.